The molecule has 4 unspecified atom stereocenters. The van der Waals surface area contributed by atoms with Crippen molar-refractivity contribution in [1.82, 2.24) is 0 Å². The molecule has 4 atom stereocenters. The molecule has 0 saturated heterocycles. The fourth-order valence-corrected chi connectivity index (χ4v) is 8.54. The van der Waals surface area contributed by atoms with Crippen LogP contribution in [-0.4, -0.2) is 11.6 Å². The molecule has 27 heavy (non-hydrogen) atoms. The molecule has 8 fully saturated rings. The zero-order valence-corrected chi connectivity index (χ0v) is 16.2. The monoisotopic (exact) mass is 366 g/mol. The quantitative estimate of drug-likeness (QED) is 0.670. The van der Waals surface area contributed by atoms with Crippen LogP contribution in [0.1, 0.15) is 64.2 Å². The van der Waals surface area contributed by atoms with Crippen LogP contribution in [0.25, 0.3) is 0 Å². The van der Waals surface area contributed by atoms with Gasteiger partial charge in [-0.1, -0.05) is 13.2 Å². The highest BCUT2D eigenvalue weighted by molar-refractivity contribution is 5.86. The lowest BCUT2D eigenvalue weighted by atomic mass is 9.48. The Labute approximate surface area is 161 Å². The van der Waals surface area contributed by atoms with E-state index in [1.165, 1.54) is 0 Å². The van der Waals surface area contributed by atoms with Crippen molar-refractivity contribution < 1.29 is 14.3 Å². The fraction of sp³-hybridized carbons (Fsp3) is 0.750. The molecule has 0 N–H and O–H groups in total. The van der Waals surface area contributed by atoms with Crippen LogP contribution in [0, 0.1) is 46.3 Å². The molecular formula is C24H30O3. The number of hydrogen-bond acceptors (Lipinski definition) is 3. The molecular weight excluding hydrogens is 336 g/mol. The first kappa shape index (κ1) is 16.6. The van der Waals surface area contributed by atoms with Gasteiger partial charge in [0, 0.05) is 34.5 Å². The van der Waals surface area contributed by atoms with E-state index in [0.717, 1.165) is 75.7 Å². The molecule has 8 rings (SSSR count). The number of allylic oxidation sites excluding steroid dienone is 2. The first-order chi connectivity index (χ1) is 12.9. The molecule has 0 spiro atoms. The molecule has 3 nitrogen and oxygen atoms in total. The predicted octanol–water partition coefficient (Wildman–Crippen LogP) is 4.82. The topological polar surface area (TPSA) is 43.4 Å². The van der Waals surface area contributed by atoms with Gasteiger partial charge in [-0.15, -0.1) is 0 Å². The molecule has 0 heterocycles. The molecule has 144 valence electrons. The normalized spacial score (nSPS) is 51.7. The molecule has 8 aliphatic rings. The minimum absolute atomic E-state index is 0.00847. The summed E-state index contributed by atoms with van der Waals surface area (Å²) in [5, 5.41) is 0. The van der Waals surface area contributed by atoms with Crippen molar-refractivity contribution >= 4 is 11.6 Å². The van der Waals surface area contributed by atoms with Crippen LogP contribution >= 0.6 is 0 Å². The van der Waals surface area contributed by atoms with Crippen molar-refractivity contribution in [3.8, 4) is 0 Å². The van der Waals surface area contributed by atoms with E-state index in [9.17, 15) is 9.59 Å². The van der Waals surface area contributed by atoms with Gasteiger partial charge >= 0.3 is 0 Å². The first-order valence-electron chi connectivity index (χ1n) is 11.0. The van der Waals surface area contributed by atoms with Crippen LogP contribution in [0.15, 0.2) is 24.7 Å². The van der Waals surface area contributed by atoms with Crippen molar-refractivity contribution in [2.24, 2.45) is 46.3 Å². The van der Waals surface area contributed by atoms with E-state index in [1.54, 1.807) is 0 Å². The van der Waals surface area contributed by atoms with E-state index in [2.05, 4.69) is 13.2 Å². The molecule has 8 aliphatic carbocycles. The van der Waals surface area contributed by atoms with Crippen molar-refractivity contribution in [3.05, 3.63) is 24.7 Å². The lowest BCUT2D eigenvalue weighted by Gasteiger charge is -2.58. The lowest BCUT2D eigenvalue weighted by molar-refractivity contribution is -0.149. The Morgan fingerprint density at radius 3 is 1.33 bits per heavy atom. The maximum absolute atomic E-state index is 12.5. The van der Waals surface area contributed by atoms with Gasteiger partial charge in [-0.3, -0.25) is 9.59 Å². The molecule has 3 heteroatoms. The SMILES string of the molecule is C=C(OC(=C)C12CC3CC(C1)C(=O)C(C3)C2)C12CC3CC(C1)C(=O)C(C3)C2. The lowest BCUT2D eigenvalue weighted by Crippen LogP contribution is -2.53. The zero-order chi connectivity index (χ0) is 18.6. The minimum atomic E-state index is -0.00847. The summed E-state index contributed by atoms with van der Waals surface area (Å²) in [7, 11) is 0. The summed E-state index contributed by atoms with van der Waals surface area (Å²) in [4.78, 5) is 25.0. The van der Waals surface area contributed by atoms with Gasteiger partial charge in [0.15, 0.2) is 0 Å². The molecule has 8 saturated carbocycles. The molecule has 0 aliphatic heterocycles. The van der Waals surface area contributed by atoms with Crippen molar-refractivity contribution in [2.75, 3.05) is 0 Å². The second-order valence-corrected chi connectivity index (χ2v) is 11.0. The maximum Gasteiger partial charge on any atom is 0.139 e. The Morgan fingerprint density at radius 2 is 1.00 bits per heavy atom. The average Bonchev–Trinajstić information content (AvgIpc) is 2.62. The van der Waals surface area contributed by atoms with E-state index in [1.807, 2.05) is 0 Å². The summed E-state index contributed by atoms with van der Waals surface area (Å²) in [6.45, 7) is 8.78. The number of hydrogen-bond donors (Lipinski definition) is 0. The van der Waals surface area contributed by atoms with Crippen LogP contribution < -0.4 is 0 Å². The summed E-state index contributed by atoms with van der Waals surface area (Å²) in [6, 6.07) is 0. The third kappa shape index (κ3) is 2.15. The smallest absolute Gasteiger partial charge is 0.139 e. The van der Waals surface area contributed by atoms with Crippen molar-refractivity contribution in [1.29, 1.82) is 0 Å². The Balaban J connectivity index is 1.23. The zero-order valence-electron chi connectivity index (χ0n) is 16.2. The highest BCUT2D eigenvalue weighted by atomic mass is 16.5. The number of carbonyl (C=O) groups is 2. The summed E-state index contributed by atoms with van der Waals surface area (Å²) >= 11 is 0. The van der Waals surface area contributed by atoms with Crippen LogP contribution in [-0.2, 0) is 14.3 Å². The van der Waals surface area contributed by atoms with Crippen LogP contribution in [0.2, 0.25) is 0 Å². The fourth-order valence-electron chi connectivity index (χ4n) is 8.54. The third-order valence-electron chi connectivity index (χ3n) is 9.42. The van der Waals surface area contributed by atoms with E-state index in [0.29, 0.717) is 23.4 Å². The summed E-state index contributed by atoms with van der Waals surface area (Å²) < 4.78 is 6.48. The van der Waals surface area contributed by atoms with E-state index in [-0.39, 0.29) is 34.5 Å². The largest absolute Gasteiger partial charge is 0.466 e. The molecule has 8 bridgehead atoms. The van der Waals surface area contributed by atoms with Gasteiger partial charge in [0.2, 0.25) is 0 Å². The van der Waals surface area contributed by atoms with Gasteiger partial charge < -0.3 is 4.74 Å². The first-order valence-corrected chi connectivity index (χ1v) is 11.0. The van der Waals surface area contributed by atoms with Crippen molar-refractivity contribution in [3.63, 3.8) is 0 Å². The molecule has 0 amide bonds. The molecule has 0 radical (unpaired) electrons. The molecule has 0 aromatic rings. The van der Waals surface area contributed by atoms with Gasteiger partial charge in [0.05, 0.1) is 0 Å². The Bertz CT molecular complexity index is 676. The van der Waals surface area contributed by atoms with E-state index < -0.39 is 0 Å². The standard InChI is InChI=1S/C24H30O3/c1-13(23-7-15-3-17(9-23)21(25)18(4-15)10-23)27-14(2)24-8-16-5-19(11-24)22(26)20(6-16)12-24/h15-20H,1-12H2. The van der Waals surface area contributed by atoms with Crippen LogP contribution in [0.5, 0.6) is 0 Å². The highest BCUT2D eigenvalue weighted by Crippen LogP contribution is 2.64. The van der Waals surface area contributed by atoms with Crippen LogP contribution in [0.3, 0.4) is 0 Å². The average molecular weight is 367 g/mol. The number of ether oxygens (including phenoxy) is 1. The Hall–Kier alpha value is -1.38. The molecule has 0 aromatic heterocycles. The van der Waals surface area contributed by atoms with Crippen molar-refractivity contribution in [2.45, 2.75) is 64.2 Å². The second kappa shape index (κ2) is 5.15. The van der Waals surface area contributed by atoms with Gasteiger partial charge in [-0.25, -0.2) is 0 Å². The summed E-state index contributed by atoms with van der Waals surface area (Å²) in [5.74, 6) is 5.06. The number of Topliss-reactive ketones (excluding diaryl/α,β-unsaturated/α-hetero) is 2. The van der Waals surface area contributed by atoms with Gasteiger partial charge in [0.1, 0.15) is 23.1 Å². The highest BCUT2D eigenvalue weighted by Gasteiger charge is 2.59. The van der Waals surface area contributed by atoms with Gasteiger partial charge in [-0.05, 0) is 76.0 Å². The predicted molar refractivity (Wildman–Crippen MR) is 101 cm³/mol. The minimum Gasteiger partial charge on any atom is -0.466 e. The maximum atomic E-state index is 12.5. The van der Waals surface area contributed by atoms with Crippen LogP contribution in [0.4, 0.5) is 0 Å². The van der Waals surface area contributed by atoms with Gasteiger partial charge in [-0.2, -0.15) is 0 Å². The Kier molecular flexibility index (Phi) is 3.16. The number of ketones is 2. The third-order valence-corrected chi connectivity index (χ3v) is 9.42. The van der Waals surface area contributed by atoms with E-state index in [4.69, 9.17) is 4.74 Å². The second-order valence-electron chi connectivity index (χ2n) is 11.0. The van der Waals surface area contributed by atoms with E-state index >= 15 is 0 Å². The molecule has 0 aromatic carbocycles. The summed E-state index contributed by atoms with van der Waals surface area (Å²) in [5.41, 5.74) is -0.0169. The number of carbonyl (C=O) groups excluding carboxylic acids is 2. The Morgan fingerprint density at radius 1 is 0.667 bits per heavy atom. The summed E-state index contributed by atoms with van der Waals surface area (Å²) in [6.07, 6.45) is 10.4. The van der Waals surface area contributed by atoms with Gasteiger partial charge in [0.25, 0.3) is 0 Å². The number of rotatable bonds is 4.